The summed E-state index contributed by atoms with van der Waals surface area (Å²) >= 11 is 0. The minimum Gasteiger partial charge on any atom is -0.396 e. The minimum atomic E-state index is -3.65. The lowest BCUT2D eigenvalue weighted by molar-refractivity contribution is 0.543. The Labute approximate surface area is 107 Å². The average molecular weight is 274 g/mol. The van der Waals surface area contributed by atoms with Gasteiger partial charge in [-0.2, -0.15) is 0 Å². The highest BCUT2D eigenvalue weighted by molar-refractivity contribution is 7.89. The Morgan fingerprint density at radius 3 is 2.61 bits per heavy atom. The van der Waals surface area contributed by atoms with Gasteiger partial charge >= 0.3 is 0 Å². The summed E-state index contributed by atoms with van der Waals surface area (Å²) < 4.78 is 40.0. The molecule has 102 valence electrons. The molecule has 1 aromatic carbocycles. The fourth-order valence-corrected chi connectivity index (χ4v) is 3.32. The molecule has 4 nitrogen and oxygen atoms in total. The zero-order valence-corrected chi connectivity index (χ0v) is 11.6. The Balaban J connectivity index is 3.09. The van der Waals surface area contributed by atoms with Gasteiger partial charge in [-0.3, -0.25) is 0 Å². The lowest BCUT2D eigenvalue weighted by Crippen LogP contribution is -2.33. The van der Waals surface area contributed by atoms with Crippen LogP contribution in [0.5, 0.6) is 0 Å². The van der Waals surface area contributed by atoms with Crippen LogP contribution in [-0.2, 0) is 10.0 Å². The zero-order valence-electron chi connectivity index (χ0n) is 10.8. The van der Waals surface area contributed by atoms with Gasteiger partial charge in [0.25, 0.3) is 0 Å². The SMILES string of the molecule is CCCC(C)NS(=O)(=O)c1cc(N)c(F)cc1C. The van der Waals surface area contributed by atoms with Crippen molar-refractivity contribution in [3.63, 3.8) is 0 Å². The standard InChI is InChI=1S/C12H19FN2O2S/c1-4-5-9(3)15-18(16,17)12-7-11(14)10(13)6-8(12)2/h6-7,9,15H,4-5,14H2,1-3H3. The molecule has 0 aliphatic carbocycles. The summed E-state index contributed by atoms with van der Waals surface area (Å²) in [7, 11) is -3.65. The lowest BCUT2D eigenvalue weighted by atomic mass is 10.2. The first-order chi connectivity index (χ1) is 8.27. The first kappa shape index (κ1) is 14.9. The highest BCUT2D eigenvalue weighted by atomic mass is 32.2. The van der Waals surface area contributed by atoms with Crippen molar-refractivity contribution in [2.24, 2.45) is 0 Å². The number of hydrogen-bond acceptors (Lipinski definition) is 3. The molecule has 0 saturated heterocycles. The van der Waals surface area contributed by atoms with Gasteiger partial charge in [0.05, 0.1) is 10.6 Å². The summed E-state index contributed by atoms with van der Waals surface area (Å²) in [5, 5.41) is 0. The van der Waals surface area contributed by atoms with Crippen molar-refractivity contribution in [3.05, 3.63) is 23.5 Å². The van der Waals surface area contributed by atoms with Crippen LogP contribution >= 0.6 is 0 Å². The van der Waals surface area contributed by atoms with Gasteiger partial charge in [0.1, 0.15) is 5.82 Å². The van der Waals surface area contributed by atoms with E-state index in [4.69, 9.17) is 5.73 Å². The molecular formula is C12H19FN2O2S. The van der Waals surface area contributed by atoms with Gasteiger partial charge in [-0.25, -0.2) is 17.5 Å². The Kier molecular flexibility index (Phi) is 4.70. The number of nitrogens with two attached hydrogens (primary N) is 1. The van der Waals surface area contributed by atoms with Crippen LogP contribution in [0.15, 0.2) is 17.0 Å². The fraction of sp³-hybridized carbons (Fsp3) is 0.500. The number of halogens is 1. The molecule has 0 aliphatic rings. The number of anilines is 1. The number of hydrogen-bond donors (Lipinski definition) is 2. The maximum absolute atomic E-state index is 13.2. The van der Waals surface area contributed by atoms with E-state index in [1.807, 2.05) is 6.92 Å². The molecule has 0 fully saturated rings. The topological polar surface area (TPSA) is 72.2 Å². The zero-order chi connectivity index (χ0) is 13.9. The summed E-state index contributed by atoms with van der Waals surface area (Å²) in [6, 6.07) is 2.13. The van der Waals surface area contributed by atoms with Crippen LogP contribution in [0, 0.1) is 12.7 Å². The Bertz CT molecular complexity index is 529. The molecule has 1 unspecified atom stereocenters. The van der Waals surface area contributed by atoms with Gasteiger partial charge in [0.2, 0.25) is 10.0 Å². The summed E-state index contributed by atoms with van der Waals surface area (Å²) in [6.07, 6.45) is 1.63. The first-order valence-corrected chi connectivity index (χ1v) is 7.34. The third kappa shape index (κ3) is 3.43. The van der Waals surface area contributed by atoms with Gasteiger partial charge in [-0.15, -0.1) is 0 Å². The molecule has 1 atom stereocenters. The molecular weight excluding hydrogens is 255 g/mol. The van der Waals surface area contributed by atoms with E-state index in [1.54, 1.807) is 13.8 Å². The highest BCUT2D eigenvalue weighted by Gasteiger charge is 2.20. The third-order valence-corrected chi connectivity index (χ3v) is 4.39. The second kappa shape index (κ2) is 5.67. The second-order valence-electron chi connectivity index (χ2n) is 4.45. The Morgan fingerprint density at radius 1 is 1.44 bits per heavy atom. The van der Waals surface area contributed by atoms with Crippen LogP contribution in [-0.4, -0.2) is 14.5 Å². The van der Waals surface area contributed by atoms with E-state index in [2.05, 4.69) is 4.72 Å². The molecule has 0 bridgehead atoms. The molecule has 0 saturated carbocycles. The van der Waals surface area contributed by atoms with Crippen molar-refractivity contribution in [1.82, 2.24) is 4.72 Å². The third-order valence-electron chi connectivity index (χ3n) is 2.66. The van der Waals surface area contributed by atoms with Crippen molar-refractivity contribution in [2.45, 2.75) is 44.6 Å². The normalized spacial score (nSPS) is 13.6. The monoisotopic (exact) mass is 274 g/mol. The predicted molar refractivity (Wildman–Crippen MR) is 70.2 cm³/mol. The van der Waals surface area contributed by atoms with Crippen molar-refractivity contribution in [2.75, 3.05) is 5.73 Å². The second-order valence-corrected chi connectivity index (χ2v) is 6.13. The summed E-state index contributed by atoms with van der Waals surface area (Å²) in [5.41, 5.74) is 5.59. The van der Waals surface area contributed by atoms with Gasteiger partial charge in [0, 0.05) is 6.04 Å². The average Bonchev–Trinajstić information content (AvgIpc) is 2.22. The Hall–Kier alpha value is -1.14. The van der Waals surface area contributed by atoms with Crippen molar-refractivity contribution in [3.8, 4) is 0 Å². The molecule has 6 heteroatoms. The highest BCUT2D eigenvalue weighted by Crippen LogP contribution is 2.21. The van der Waals surface area contributed by atoms with E-state index < -0.39 is 15.8 Å². The number of rotatable bonds is 5. The molecule has 0 spiro atoms. The van der Waals surface area contributed by atoms with Gasteiger partial charge in [-0.1, -0.05) is 13.3 Å². The predicted octanol–water partition coefficient (Wildman–Crippen LogP) is 2.18. The number of aryl methyl sites for hydroxylation is 1. The summed E-state index contributed by atoms with van der Waals surface area (Å²) in [5.74, 6) is -0.604. The van der Waals surface area contributed by atoms with Crippen molar-refractivity contribution < 1.29 is 12.8 Å². The molecule has 0 aliphatic heterocycles. The minimum absolute atomic E-state index is 0.0318. The van der Waals surface area contributed by atoms with E-state index in [9.17, 15) is 12.8 Å². The maximum atomic E-state index is 13.2. The fourth-order valence-electron chi connectivity index (χ4n) is 1.78. The van der Waals surface area contributed by atoms with Gasteiger partial charge < -0.3 is 5.73 Å². The molecule has 0 amide bonds. The quantitative estimate of drug-likeness (QED) is 0.808. The van der Waals surface area contributed by atoms with Crippen LogP contribution < -0.4 is 10.5 Å². The van der Waals surface area contributed by atoms with E-state index in [0.717, 1.165) is 25.0 Å². The van der Waals surface area contributed by atoms with E-state index in [0.29, 0.717) is 5.56 Å². The van der Waals surface area contributed by atoms with Crippen LogP contribution in [0.3, 0.4) is 0 Å². The molecule has 1 rings (SSSR count). The summed E-state index contributed by atoms with van der Waals surface area (Å²) in [6.45, 7) is 5.32. The lowest BCUT2D eigenvalue weighted by Gasteiger charge is -2.15. The van der Waals surface area contributed by atoms with Crippen LogP contribution in [0.2, 0.25) is 0 Å². The van der Waals surface area contributed by atoms with Crippen LogP contribution in [0.25, 0.3) is 0 Å². The molecule has 18 heavy (non-hydrogen) atoms. The van der Waals surface area contributed by atoms with Gasteiger partial charge in [-0.05, 0) is 38.0 Å². The molecule has 0 aromatic heterocycles. The number of sulfonamides is 1. The maximum Gasteiger partial charge on any atom is 0.241 e. The molecule has 0 heterocycles. The van der Waals surface area contributed by atoms with Crippen LogP contribution in [0.1, 0.15) is 32.3 Å². The first-order valence-electron chi connectivity index (χ1n) is 5.86. The number of nitrogens with one attached hydrogen (secondary N) is 1. The Morgan fingerprint density at radius 2 is 2.06 bits per heavy atom. The number of nitrogen functional groups attached to an aromatic ring is 1. The largest absolute Gasteiger partial charge is 0.396 e. The van der Waals surface area contributed by atoms with E-state index >= 15 is 0 Å². The molecule has 3 N–H and O–H groups in total. The van der Waals surface area contributed by atoms with Crippen molar-refractivity contribution >= 4 is 15.7 Å². The van der Waals surface area contributed by atoms with Gasteiger partial charge in [0.15, 0.2) is 0 Å². The van der Waals surface area contributed by atoms with E-state index in [1.165, 1.54) is 0 Å². The van der Waals surface area contributed by atoms with Crippen molar-refractivity contribution in [1.29, 1.82) is 0 Å². The van der Waals surface area contributed by atoms with E-state index in [-0.39, 0.29) is 16.6 Å². The number of benzene rings is 1. The molecule has 0 radical (unpaired) electrons. The molecule has 1 aromatic rings. The summed E-state index contributed by atoms with van der Waals surface area (Å²) in [4.78, 5) is 0.0318. The smallest absolute Gasteiger partial charge is 0.241 e. The van der Waals surface area contributed by atoms with Crippen LogP contribution in [0.4, 0.5) is 10.1 Å².